The van der Waals surface area contributed by atoms with Crippen molar-refractivity contribution in [1.29, 1.82) is 0 Å². The number of carbonyl (C=O) groups excluding carboxylic acids is 2. The Morgan fingerprint density at radius 1 is 0.848 bits per heavy atom. The largest absolute Gasteiger partial charge is 0.462 e. The standard InChI is InChI=1S/C26H21N3O4/c1-3-29(4-2)22-11-6-20(7-12-22)26(31)33-23-13-8-19(9-14-23)25(30)32-16-15-18-5-10-21(27)17-24(18)28/h1-2,5-14,17H,15-16,27-28H2. The summed E-state index contributed by atoms with van der Waals surface area (Å²) in [6.07, 6.45) is 11.1. The lowest BCUT2D eigenvalue weighted by Crippen LogP contribution is -2.11. The topological polar surface area (TPSA) is 108 Å². The molecule has 0 amide bonds. The first kappa shape index (κ1) is 22.8. The second-order valence-corrected chi connectivity index (χ2v) is 6.90. The molecule has 0 aromatic heterocycles. The molecule has 0 aliphatic rings. The van der Waals surface area contributed by atoms with Gasteiger partial charge in [0, 0.05) is 29.9 Å². The molecule has 0 saturated heterocycles. The molecule has 3 rings (SSSR count). The van der Waals surface area contributed by atoms with Crippen LogP contribution in [0.3, 0.4) is 0 Å². The van der Waals surface area contributed by atoms with E-state index in [1.54, 1.807) is 42.5 Å². The van der Waals surface area contributed by atoms with Gasteiger partial charge in [0.05, 0.1) is 23.4 Å². The number of esters is 2. The van der Waals surface area contributed by atoms with E-state index in [1.165, 1.54) is 29.2 Å². The Labute approximate surface area is 191 Å². The van der Waals surface area contributed by atoms with Crippen LogP contribution in [-0.4, -0.2) is 18.5 Å². The van der Waals surface area contributed by atoms with E-state index in [-0.39, 0.29) is 12.4 Å². The minimum Gasteiger partial charge on any atom is -0.462 e. The van der Waals surface area contributed by atoms with Gasteiger partial charge < -0.3 is 20.9 Å². The normalized spacial score (nSPS) is 9.88. The van der Waals surface area contributed by atoms with Crippen LogP contribution in [-0.2, 0) is 11.2 Å². The van der Waals surface area contributed by atoms with Crippen LogP contribution in [0.1, 0.15) is 26.3 Å². The summed E-state index contributed by atoms with van der Waals surface area (Å²) in [5.41, 5.74) is 14.8. The summed E-state index contributed by atoms with van der Waals surface area (Å²) in [7, 11) is 0. The third kappa shape index (κ3) is 5.84. The van der Waals surface area contributed by atoms with Gasteiger partial charge in [0.25, 0.3) is 0 Å². The highest BCUT2D eigenvalue weighted by atomic mass is 16.5. The van der Waals surface area contributed by atoms with E-state index in [2.05, 4.69) is 12.1 Å². The van der Waals surface area contributed by atoms with Crippen LogP contribution >= 0.6 is 0 Å². The van der Waals surface area contributed by atoms with Gasteiger partial charge in [-0.15, -0.1) is 0 Å². The maximum absolute atomic E-state index is 12.4. The highest BCUT2D eigenvalue weighted by Gasteiger charge is 2.12. The minimum atomic E-state index is -0.564. The Bertz CT molecular complexity index is 1220. The van der Waals surface area contributed by atoms with Crippen LogP contribution in [0.4, 0.5) is 17.1 Å². The Balaban J connectivity index is 1.54. The second kappa shape index (κ2) is 10.4. The summed E-state index contributed by atoms with van der Waals surface area (Å²) >= 11 is 0. The summed E-state index contributed by atoms with van der Waals surface area (Å²) in [4.78, 5) is 25.9. The number of rotatable bonds is 7. The maximum Gasteiger partial charge on any atom is 0.343 e. The number of nitrogens with two attached hydrogens (primary N) is 2. The van der Waals surface area contributed by atoms with Crippen molar-refractivity contribution in [2.24, 2.45) is 0 Å². The number of hydrogen-bond donors (Lipinski definition) is 2. The van der Waals surface area contributed by atoms with Gasteiger partial charge >= 0.3 is 11.9 Å². The van der Waals surface area contributed by atoms with Crippen molar-refractivity contribution in [3.63, 3.8) is 0 Å². The molecule has 0 atom stereocenters. The van der Waals surface area contributed by atoms with Gasteiger partial charge in [-0.1, -0.05) is 18.9 Å². The molecule has 164 valence electrons. The van der Waals surface area contributed by atoms with Crippen LogP contribution in [0.15, 0.2) is 66.7 Å². The van der Waals surface area contributed by atoms with Crippen LogP contribution in [0.5, 0.6) is 5.75 Å². The average molecular weight is 439 g/mol. The molecule has 0 unspecified atom stereocenters. The number of anilines is 3. The number of nitrogen functional groups attached to an aromatic ring is 2. The molecule has 7 nitrogen and oxygen atoms in total. The third-order valence-corrected chi connectivity index (χ3v) is 4.69. The predicted molar refractivity (Wildman–Crippen MR) is 127 cm³/mol. The quantitative estimate of drug-likeness (QED) is 0.191. The molecule has 0 saturated carbocycles. The minimum absolute atomic E-state index is 0.163. The molecule has 0 fully saturated rings. The lowest BCUT2D eigenvalue weighted by Gasteiger charge is -2.10. The van der Waals surface area contributed by atoms with Crippen molar-refractivity contribution in [2.45, 2.75) is 6.42 Å². The van der Waals surface area contributed by atoms with Crippen LogP contribution < -0.4 is 21.1 Å². The molecule has 0 aliphatic carbocycles. The van der Waals surface area contributed by atoms with E-state index in [1.807, 2.05) is 0 Å². The van der Waals surface area contributed by atoms with E-state index >= 15 is 0 Å². The molecular weight excluding hydrogens is 418 g/mol. The van der Waals surface area contributed by atoms with Crippen molar-refractivity contribution in [2.75, 3.05) is 23.0 Å². The Hall–Kier alpha value is -4.88. The number of terminal acetylenes is 2. The smallest absolute Gasteiger partial charge is 0.343 e. The molecule has 0 bridgehead atoms. The first-order valence-electron chi connectivity index (χ1n) is 9.87. The summed E-state index contributed by atoms with van der Waals surface area (Å²) in [5.74, 6) is -0.779. The Morgan fingerprint density at radius 2 is 1.45 bits per heavy atom. The molecule has 0 spiro atoms. The van der Waals surface area contributed by atoms with E-state index in [9.17, 15) is 9.59 Å². The molecule has 3 aromatic rings. The van der Waals surface area contributed by atoms with Crippen LogP contribution in [0, 0.1) is 24.9 Å². The molecule has 0 radical (unpaired) electrons. The van der Waals surface area contributed by atoms with Crippen molar-refractivity contribution < 1.29 is 19.1 Å². The molecule has 3 aromatic carbocycles. The van der Waals surface area contributed by atoms with E-state index in [0.717, 1.165) is 5.56 Å². The lowest BCUT2D eigenvalue weighted by atomic mass is 10.1. The predicted octanol–water partition coefficient (Wildman–Crippen LogP) is 3.46. The molecular formula is C26H21N3O4. The number of ether oxygens (including phenoxy) is 2. The fourth-order valence-corrected chi connectivity index (χ4v) is 2.94. The first-order chi connectivity index (χ1) is 15.9. The van der Waals surface area contributed by atoms with Gasteiger partial charge in [-0.3, -0.25) is 0 Å². The highest BCUT2D eigenvalue weighted by molar-refractivity contribution is 5.92. The maximum atomic E-state index is 12.4. The molecule has 7 heteroatoms. The van der Waals surface area contributed by atoms with Crippen molar-refractivity contribution >= 4 is 29.0 Å². The number of benzene rings is 3. The first-order valence-corrected chi connectivity index (χ1v) is 9.87. The Morgan fingerprint density at radius 3 is 2.06 bits per heavy atom. The summed E-state index contributed by atoms with van der Waals surface area (Å²) in [5, 5.41) is 0. The summed E-state index contributed by atoms with van der Waals surface area (Å²) in [6, 6.07) is 22.3. The summed E-state index contributed by atoms with van der Waals surface area (Å²) in [6.45, 7) is 0.163. The van der Waals surface area contributed by atoms with Gasteiger partial charge in [-0.05, 0) is 66.2 Å². The zero-order valence-corrected chi connectivity index (χ0v) is 17.7. The van der Waals surface area contributed by atoms with Gasteiger partial charge in [0.1, 0.15) is 5.75 Å². The SMILES string of the molecule is C#CN(C#C)c1ccc(C(=O)Oc2ccc(C(=O)OCCc3ccc(N)cc3N)cc2)cc1. The number of carbonyl (C=O) groups is 2. The molecule has 0 heterocycles. The lowest BCUT2D eigenvalue weighted by molar-refractivity contribution is 0.0509. The van der Waals surface area contributed by atoms with Gasteiger partial charge in [-0.2, -0.15) is 0 Å². The second-order valence-electron chi connectivity index (χ2n) is 6.90. The molecule has 0 aliphatic heterocycles. The third-order valence-electron chi connectivity index (χ3n) is 4.69. The van der Waals surface area contributed by atoms with Crippen LogP contribution in [0.25, 0.3) is 0 Å². The van der Waals surface area contributed by atoms with Gasteiger partial charge in [0.2, 0.25) is 0 Å². The van der Waals surface area contributed by atoms with Crippen molar-refractivity contribution in [3.05, 3.63) is 83.4 Å². The molecule has 33 heavy (non-hydrogen) atoms. The van der Waals surface area contributed by atoms with Gasteiger partial charge in [0.15, 0.2) is 0 Å². The fraction of sp³-hybridized carbons (Fsp3) is 0.0769. The number of hydrogen-bond acceptors (Lipinski definition) is 7. The highest BCUT2D eigenvalue weighted by Crippen LogP contribution is 2.19. The Kier molecular flexibility index (Phi) is 7.20. The van der Waals surface area contributed by atoms with E-state index in [4.69, 9.17) is 33.8 Å². The van der Waals surface area contributed by atoms with Crippen molar-refractivity contribution in [1.82, 2.24) is 0 Å². The zero-order valence-electron chi connectivity index (χ0n) is 17.7. The molecule has 4 N–H and O–H groups in total. The van der Waals surface area contributed by atoms with Gasteiger partial charge in [-0.25, -0.2) is 14.5 Å². The monoisotopic (exact) mass is 439 g/mol. The average Bonchev–Trinajstić information content (AvgIpc) is 2.82. The summed E-state index contributed by atoms with van der Waals surface area (Å²) < 4.78 is 10.6. The van der Waals surface area contributed by atoms with E-state index < -0.39 is 11.9 Å². The zero-order chi connectivity index (χ0) is 23.8. The fourth-order valence-electron chi connectivity index (χ4n) is 2.94. The number of nitrogens with zero attached hydrogens (tertiary/aromatic N) is 1. The van der Waals surface area contributed by atoms with Crippen LogP contribution in [0.2, 0.25) is 0 Å². The van der Waals surface area contributed by atoms with Crippen molar-refractivity contribution in [3.8, 4) is 30.7 Å². The van der Waals surface area contributed by atoms with E-state index in [0.29, 0.717) is 34.6 Å².